The van der Waals surface area contributed by atoms with Crippen molar-refractivity contribution < 1.29 is 14.7 Å². The Morgan fingerprint density at radius 1 is 1.32 bits per heavy atom. The van der Waals surface area contributed by atoms with Crippen LogP contribution < -0.4 is 0 Å². The molecule has 108 valence electrons. The topological polar surface area (TPSA) is 64.1 Å². The van der Waals surface area contributed by atoms with Crippen LogP contribution in [0.4, 0.5) is 4.79 Å². The summed E-state index contributed by atoms with van der Waals surface area (Å²) in [5.74, 6) is -0.929. The zero-order valence-corrected chi connectivity index (χ0v) is 11.7. The Bertz CT molecular complexity index is 357. The van der Waals surface area contributed by atoms with Gasteiger partial charge in [0.15, 0.2) is 0 Å². The Balaban J connectivity index is 1.98. The van der Waals surface area contributed by atoms with E-state index in [1.54, 1.807) is 0 Å². The molecule has 19 heavy (non-hydrogen) atoms. The molecule has 2 amide bonds. The van der Waals surface area contributed by atoms with Gasteiger partial charge in [-0.15, -0.1) is 0 Å². The van der Waals surface area contributed by atoms with E-state index in [4.69, 9.17) is 5.11 Å². The highest BCUT2D eigenvalue weighted by atomic mass is 16.4. The van der Waals surface area contributed by atoms with Crippen LogP contribution in [0.25, 0.3) is 0 Å². The molecule has 1 unspecified atom stereocenters. The van der Waals surface area contributed by atoms with Crippen molar-refractivity contribution in [2.45, 2.75) is 38.3 Å². The van der Waals surface area contributed by atoms with Crippen LogP contribution in [0.3, 0.4) is 0 Å². The van der Waals surface area contributed by atoms with Crippen LogP contribution in [-0.2, 0) is 4.79 Å². The van der Waals surface area contributed by atoms with Gasteiger partial charge in [0.25, 0.3) is 0 Å². The van der Waals surface area contributed by atoms with Gasteiger partial charge >= 0.3 is 12.0 Å². The highest BCUT2D eigenvalue weighted by Gasteiger charge is 2.37. The second-order valence-corrected chi connectivity index (χ2v) is 5.52. The van der Waals surface area contributed by atoms with Crippen molar-refractivity contribution in [3.05, 3.63) is 0 Å². The molecule has 2 fully saturated rings. The minimum Gasteiger partial charge on any atom is -0.480 e. The van der Waals surface area contributed by atoms with Crippen molar-refractivity contribution in [1.82, 2.24) is 14.7 Å². The largest absolute Gasteiger partial charge is 0.480 e. The first-order valence-corrected chi connectivity index (χ1v) is 7.00. The number of piperazine rings is 1. The molecule has 2 aliphatic rings. The van der Waals surface area contributed by atoms with Gasteiger partial charge in [0.05, 0.1) is 0 Å². The Morgan fingerprint density at radius 3 is 2.53 bits per heavy atom. The number of nitrogens with zero attached hydrogens (tertiary/aromatic N) is 3. The molecule has 2 rings (SSSR count). The summed E-state index contributed by atoms with van der Waals surface area (Å²) < 4.78 is 0. The molecule has 0 bridgehead atoms. The number of urea groups is 1. The number of carboxylic acids is 1. The molecule has 0 aromatic rings. The molecule has 1 aliphatic carbocycles. The summed E-state index contributed by atoms with van der Waals surface area (Å²) in [5, 5.41) is 8.93. The first-order chi connectivity index (χ1) is 9.02. The molecule has 1 saturated carbocycles. The second kappa shape index (κ2) is 5.77. The summed E-state index contributed by atoms with van der Waals surface area (Å²) in [6.07, 6.45) is 2.87. The van der Waals surface area contributed by atoms with Crippen molar-refractivity contribution in [3.8, 4) is 0 Å². The maximum absolute atomic E-state index is 12.5. The smallest absolute Gasteiger partial charge is 0.323 e. The van der Waals surface area contributed by atoms with E-state index in [0.29, 0.717) is 19.1 Å². The molecule has 0 radical (unpaired) electrons. The van der Waals surface area contributed by atoms with E-state index < -0.39 is 5.97 Å². The number of carbonyl (C=O) groups excluding carboxylic acids is 1. The van der Waals surface area contributed by atoms with Gasteiger partial charge in [-0.2, -0.15) is 0 Å². The molecule has 1 atom stereocenters. The minimum absolute atomic E-state index is 0.101. The molecular formula is C13H23N3O3. The number of hydrogen-bond donors (Lipinski definition) is 1. The third-order valence-electron chi connectivity index (χ3n) is 4.06. The first kappa shape index (κ1) is 14.1. The molecule has 1 heterocycles. The fourth-order valence-corrected chi connectivity index (χ4v) is 2.63. The van der Waals surface area contributed by atoms with Gasteiger partial charge in [-0.1, -0.05) is 6.92 Å². The number of hydrogen-bond acceptors (Lipinski definition) is 3. The van der Waals surface area contributed by atoms with Gasteiger partial charge < -0.3 is 14.9 Å². The third-order valence-corrected chi connectivity index (χ3v) is 4.06. The van der Waals surface area contributed by atoms with Crippen molar-refractivity contribution in [2.24, 2.45) is 0 Å². The van der Waals surface area contributed by atoms with E-state index in [1.807, 2.05) is 4.90 Å². The van der Waals surface area contributed by atoms with E-state index in [2.05, 4.69) is 18.9 Å². The van der Waals surface area contributed by atoms with Crippen LogP contribution in [0.2, 0.25) is 0 Å². The third kappa shape index (κ3) is 3.37. The number of carboxylic acid groups (broad SMARTS) is 1. The van der Waals surface area contributed by atoms with E-state index in [0.717, 1.165) is 25.8 Å². The number of amides is 2. The molecule has 1 saturated heterocycles. The Morgan fingerprint density at radius 2 is 2.00 bits per heavy atom. The lowest BCUT2D eigenvalue weighted by atomic mass is 10.1. The van der Waals surface area contributed by atoms with E-state index >= 15 is 0 Å². The number of aliphatic carboxylic acids is 1. The van der Waals surface area contributed by atoms with Gasteiger partial charge in [-0.3, -0.25) is 9.69 Å². The van der Waals surface area contributed by atoms with Crippen molar-refractivity contribution in [2.75, 3.05) is 33.2 Å². The molecule has 0 spiro atoms. The lowest BCUT2D eigenvalue weighted by Crippen LogP contribution is -2.57. The lowest BCUT2D eigenvalue weighted by molar-refractivity contribution is -0.137. The molecule has 1 aliphatic heterocycles. The fourth-order valence-electron chi connectivity index (χ4n) is 2.63. The summed E-state index contributed by atoms with van der Waals surface area (Å²) in [4.78, 5) is 28.9. The molecule has 0 aromatic heterocycles. The summed E-state index contributed by atoms with van der Waals surface area (Å²) in [6, 6.07) is 0.420. The lowest BCUT2D eigenvalue weighted by Gasteiger charge is -2.40. The van der Waals surface area contributed by atoms with Crippen LogP contribution in [0.5, 0.6) is 0 Å². The number of rotatable bonds is 4. The standard InChI is InChI=1S/C13H23N3O3/c1-3-10-8-15(7-6-14(10)2)13(19)16(9-12(17)18)11-4-5-11/h10-11H,3-9H2,1-2H3,(H,17,18). The SMILES string of the molecule is CCC1CN(C(=O)N(CC(=O)O)C2CC2)CCN1C. The van der Waals surface area contributed by atoms with E-state index in [9.17, 15) is 9.59 Å². The summed E-state index contributed by atoms with van der Waals surface area (Å²) in [6.45, 7) is 4.19. The second-order valence-electron chi connectivity index (χ2n) is 5.52. The van der Waals surface area contributed by atoms with Crippen LogP contribution >= 0.6 is 0 Å². The van der Waals surface area contributed by atoms with Crippen LogP contribution in [-0.4, -0.2) is 77.1 Å². The van der Waals surface area contributed by atoms with Crippen LogP contribution in [0, 0.1) is 0 Å². The van der Waals surface area contributed by atoms with E-state index in [1.165, 1.54) is 4.90 Å². The molecule has 1 N–H and O–H groups in total. The molecule has 6 nitrogen and oxygen atoms in total. The van der Waals surface area contributed by atoms with Crippen molar-refractivity contribution in [1.29, 1.82) is 0 Å². The Kier molecular flexibility index (Phi) is 4.29. The highest BCUT2D eigenvalue weighted by molar-refractivity contribution is 5.81. The fraction of sp³-hybridized carbons (Fsp3) is 0.846. The normalized spacial score (nSPS) is 24.3. The predicted molar refractivity (Wildman–Crippen MR) is 71.0 cm³/mol. The monoisotopic (exact) mass is 269 g/mol. The highest BCUT2D eigenvalue weighted by Crippen LogP contribution is 2.28. The Labute approximate surface area is 114 Å². The van der Waals surface area contributed by atoms with Gasteiger partial charge in [0.2, 0.25) is 0 Å². The quantitative estimate of drug-likeness (QED) is 0.815. The van der Waals surface area contributed by atoms with Crippen molar-refractivity contribution >= 4 is 12.0 Å². The number of likely N-dealkylation sites (N-methyl/N-ethyl adjacent to an activating group) is 1. The van der Waals surface area contributed by atoms with E-state index in [-0.39, 0.29) is 18.6 Å². The zero-order valence-electron chi connectivity index (χ0n) is 11.7. The molecule has 6 heteroatoms. The average Bonchev–Trinajstić information content (AvgIpc) is 3.20. The first-order valence-electron chi connectivity index (χ1n) is 7.00. The average molecular weight is 269 g/mol. The maximum atomic E-state index is 12.5. The number of carbonyl (C=O) groups is 2. The maximum Gasteiger partial charge on any atom is 0.323 e. The Hall–Kier alpha value is -1.30. The summed E-state index contributed by atoms with van der Waals surface area (Å²) in [5.41, 5.74) is 0. The summed E-state index contributed by atoms with van der Waals surface area (Å²) in [7, 11) is 2.08. The molecular weight excluding hydrogens is 246 g/mol. The van der Waals surface area contributed by atoms with Crippen molar-refractivity contribution in [3.63, 3.8) is 0 Å². The summed E-state index contributed by atoms with van der Waals surface area (Å²) >= 11 is 0. The molecule has 0 aromatic carbocycles. The van der Waals surface area contributed by atoms with Gasteiger partial charge in [0, 0.05) is 31.7 Å². The van der Waals surface area contributed by atoms with Crippen LogP contribution in [0.15, 0.2) is 0 Å². The predicted octanol–water partition coefficient (Wildman–Crippen LogP) is 0.681. The minimum atomic E-state index is -0.929. The van der Waals surface area contributed by atoms with Gasteiger partial charge in [-0.25, -0.2) is 4.79 Å². The van der Waals surface area contributed by atoms with Gasteiger partial charge in [-0.05, 0) is 26.3 Å². The van der Waals surface area contributed by atoms with Gasteiger partial charge in [0.1, 0.15) is 6.54 Å². The van der Waals surface area contributed by atoms with Crippen LogP contribution in [0.1, 0.15) is 26.2 Å². The zero-order chi connectivity index (χ0) is 14.0.